The molecule has 0 bridgehead atoms. The van der Waals surface area contributed by atoms with Crippen molar-refractivity contribution in [2.75, 3.05) is 18.6 Å². The molecule has 0 saturated carbocycles. The molecular weight excluding hydrogens is 277 g/mol. The van der Waals surface area contributed by atoms with Crippen LogP contribution in [0.3, 0.4) is 0 Å². The molecule has 3 atom stereocenters. The number of likely N-dealkylation sites (N-methyl/N-ethyl adjacent to an activating group) is 1. The maximum absolute atomic E-state index is 13.2. The number of hydrogen-bond acceptors (Lipinski definition) is 3. The number of benzene rings is 1. The van der Waals surface area contributed by atoms with Gasteiger partial charge in [-0.3, -0.25) is 0 Å². The molecule has 1 aliphatic heterocycles. The minimum Gasteiger partial charge on any atom is -0.316 e. The normalized spacial score (nSPS) is 25.3. The highest BCUT2D eigenvalue weighted by molar-refractivity contribution is 8.07. The van der Waals surface area contributed by atoms with Gasteiger partial charge in [-0.05, 0) is 43.7 Å². The summed E-state index contributed by atoms with van der Waals surface area (Å²) < 4.78 is 13.2. The van der Waals surface area contributed by atoms with E-state index < -0.39 is 0 Å². The summed E-state index contributed by atoms with van der Waals surface area (Å²) in [6.45, 7) is 4.32. The minimum atomic E-state index is -0.141. The van der Waals surface area contributed by atoms with Crippen LogP contribution in [0.5, 0.6) is 0 Å². The Bertz CT molecular complexity index is 425. The Kier molecular flexibility index (Phi) is 5.60. The summed E-state index contributed by atoms with van der Waals surface area (Å²) in [6.07, 6.45) is 0.977. The lowest BCUT2D eigenvalue weighted by Gasteiger charge is -2.34. The maximum Gasteiger partial charge on any atom is 0.123 e. The van der Waals surface area contributed by atoms with Gasteiger partial charge in [-0.25, -0.2) is 4.39 Å². The summed E-state index contributed by atoms with van der Waals surface area (Å²) >= 11 is 4.14. The van der Waals surface area contributed by atoms with Gasteiger partial charge in [-0.15, -0.1) is 0 Å². The Morgan fingerprint density at radius 3 is 2.74 bits per heavy atom. The molecule has 0 aliphatic carbocycles. The van der Waals surface area contributed by atoms with Crippen molar-refractivity contribution < 1.29 is 4.39 Å². The predicted octanol–water partition coefficient (Wildman–Crippen LogP) is 3.50. The highest BCUT2D eigenvalue weighted by Gasteiger charge is 2.29. The maximum atomic E-state index is 13.2. The van der Waals surface area contributed by atoms with Gasteiger partial charge in [-0.2, -0.15) is 23.5 Å². The van der Waals surface area contributed by atoms with Crippen LogP contribution in [-0.4, -0.2) is 35.1 Å². The van der Waals surface area contributed by atoms with Crippen molar-refractivity contribution in [2.24, 2.45) is 0 Å². The van der Waals surface area contributed by atoms with Gasteiger partial charge in [0.2, 0.25) is 0 Å². The molecule has 2 rings (SSSR count). The van der Waals surface area contributed by atoms with Crippen molar-refractivity contribution >= 4 is 23.5 Å². The molecule has 1 saturated heterocycles. The predicted molar refractivity (Wildman–Crippen MR) is 85.9 cm³/mol. The second kappa shape index (κ2) is 7.00. The third-order valence-electron chi connectivity index (χ3n) is 3.75. The second-order valence-electron chi connectivity index (χ2n) is 5.08. The summed E-state index contributed by atoms with van der Waals surface area (Å²) in [5.74, 6) is 2.35. The lowest BCUT2D eigenvalue weighted by Crippen LogP contribution is -2.44. The Hall–Kier alpha value is -0.190. The van der Waals surface area contributed by atoms with Crippen LogP contribution in [0.1, 0.15) is 18.1 Å². The molecule has 1 aliphatic rings. The van der Waals surface area contributed by atoms with E-state index in [1.165, 1.54) is 17.1 Å². The average molecular weight is 299 g/mol. The summed E-state index contributed by atoms with van der Waals surface area (Å²) in [6, 6.07) is 5.59. The topological polar surface area (TPSA) is 12.0 Å². The molecule has 1 nitrogen and oxygen atoms in total. The molecule has 0 spiro atoms. The van der Waals surface area contributed by atoms with Gasteiger partial charge in [-0.1, -0.05) is 13.0 Å². The molecule has 0 radical (unpaired) electrons. The van der Waals surface area contributed by atoms with E-state index in [1.54, 1.807) is 12.1 Å². The average Bonchev–Trinajstić information content (AvgIpc) is 2.39. The Morgan fingerprint density at radius 1 is 1.37 bits per heavy atom. The molecule has 1 fully saturated rings. The van der Waals surface area contributed by atoms with E-state index in [0.29, 0.717) is 16.5 Å². The fourth-order valence-electron chi connectivity index (χ4n) is 2.60. The highest BCUT2D eigenvalue weighted by atomic mass is 32.2. The molecule has 1 heterocycles. The van der Waals surface area contributed by atoms with Crippen LogP contribution < -0.4 is 5.32 Å². The van der Waals surface area contributed by atoms with Crippen molar-refractivity contribution in [1.82, 2.24) is 5.32 Å². The van der Waals surface area contributed by atoms with Crippen LogP contribution >= 0.6 is 23.5 Å². The van der Waals surface area contributed by atoms with E-state index in [1.807, 2.05) is 20.0 Å². The summed E-state index contributed by atoms with van der Waals surface area (Å²) in [5.41, 5.74) is 2.31. The molecule has 1 N–H and O–H groups in total. The highest BCUT2D eigenvalue weighted by Crippen LogP contribution is 2.34. The zero-order chi connectivity index (χ0) is 13.8. The summed E-state index contributed by atoms with van der Waals surface area (Å²) in [5, 5.41) is 4.77. The van der Waals surface area contributed by atoms with Gasteiger partial charge in [0.1, 0.15) is 5.82 Å². The first-order valence-electron chi connectivity index (χ1n) is 6.77. The first-order chi connectivity index (χ1) is 9.11. The van der Waals surface area contributed by atoms with E-state index in [9.17, 15) is 4.39 Å². The lowest BCUT2D eigenvalue weighted by molar-refractivity contribution is 0.529. The number of thioether (sulfide) groups is 2. The molecule has 3 unspecified atom stereocenters. The number of halogens is 1. The first-order valence-corrected chi connectivity index (χ1v) is 8.87. The zero-order valence-electron chi connectivity index (χ0n) is 11.8. The Labute approximate surface area is 124 Å². The second-order valence-corrected chi connectivity index (χ2v) is 7.85. The van der Waals surface area contributed by atoms with Gasteiger partial charge in [0.05, 0.1) is 0 Å². The van der Waals surface area contributed by atoms with Crippen molar-refractivity contribution in [1.29, 1.82) is 0 Å². The van der Waals surface area contributed by atoms with E-state index >= 15 is 0 Å². The molecule has 0 aromatic heterocycles. The van der Waals surface area contributed by atoms with Gasteiger partial charge < -0.3 is 5.32 Å². The number of nitrogens with one attached hydrogen (secondary N) is 1. The Balaban J connectivity index is 2.09. The third-order valence-corrected chi connectivity index (χ3v) is 7.00. The summed E-state index contributed by atoms with van der Waals surface area (Å²) in [4.78, 5) is 0. The van der Waals surface area contributed by atoms with Gasteiger partial charge in [0.25, 0.3) is 0 Å². The third kappa shape index (κ3) is 3.89. The van der Waals surface area contributed by atoms with Gasteiger partial charge in [0.15, 0.2) is 0 Å². The number of rotatable bonds is 4. The van der Waals surface area contributed by atoms with Gasteiger partial charge in [0, 0.05) is 28.0 Å². The molecule has 4 heteroatoms. The Morgan fingerprint density at radius 2 is 2.11 bits per heavy atom. The van der Waals surface area contributed by atoms with Crippen LogP contribution in [-0.2, 0) is 6.42 Å². The van der Waals surface area contributed by atoms with E-state index in [0.717, 1.165) is 12.0 Å². The van der Waals surface area contributed by atoms with Crippen LogP contribution in [0.15, 0.2) is 18.2 Å². The monoisotopic (exact) mass is 299 g/mol. The number of hydrogen-bond donors (Lipinski definition) is 1. The smallest absolute Gasteiger partial charge is 0.123 e. The molecule has 106 valence electrons. The van der Waals surface area contributed by atoms with Crippen LogP contribution in [0.2, 0.25) is 0 Å². The van der Waals surface area contributed by atoms with Crippen LogP contribution in [0.4, 0.5) is 4.39 Å². The summed E-state index contributed by atoms with van der Waals surface area (Å²) in [7, 11) is 2.04. The largest absolute Gasteiger partial charge is 0.316 e. The van der Waals surface area contributed by atoms with E-state index in [2.05, 4.69) is 35.8 Å². The van der Waals surface area contributed by atoms with E-state index in [-0.39, 0.29) is 5.82 Å². The van der Waals surface area contributed by atoms with Crippen LogP contribution in [0, 0.1) is 12.7 Å². The zero-order valence-corrected chi connectivity index (χ0v) is 13.4. The lowest BCUT2D eigenvalue weighted by atomic mass is 9.98. The standard InChI is InChI=1S/C15H22FNS2/c1-10-8-13(16)5-4-12(10)9-14(17-3)15-11(2)18-6-7-19-15/h4-5,8,11,14-15,17H,6-7,9H2,1-3H3. The van der Waals surface area contributed by atoms with Gasteiger partial charge >= 0.3 is 0 Å². The molecule has 1 aromatic rings. The molecular formula is C15H22FNS2. The quantitative estimate of drug-likeness (QED) is 0.914. The minimum absolute atomic E-state index is 0.141. The van der Waals surface area contributed by atoms with Crippen molar-refractivity contribution in [2.45, 2.75) is 36.8 Å². The number of aryl methyl sites for hydroxylation is 1. The van der Waals surface area contributed by atoms with Crippen molar-refractivity contribution in [3.05, 3.63) is 35.1 Å². The SMILES string of the molecule is CNC(Cc1ccc(F)cc1C)C1SCCSC1C. The van der Waals surface area contributed by atoms with Crippen LogP contribution in [0.25, 0.3) is 0 Å². The fourth-order valence-corrected chi connectivity index (χ4v) is 5.60. The van der Waals surface area contributed by atoms with Crippen molar-refractivity contribution in [3.8, 4) is 0 Å². The molecule has 0 amide bonds. The fraction of sp³-hybridized carbons (Fsp3) is 0.600. The molecule has 19 heavy (non-hydrogen) atoms. The first kappa shape index (κ1) is 15.2. The van der Waals surface area contributed by atoms with E-state index in [4.69, 9.17) is 0 Å². The van der Waals surface area contributed by atoms with Crippen molar-refractivity contribution in [3.63, 3.8) is 0 Å². The molecule has 1 aromatic carbocycles.